The molecular formula is C38H44N4O6. The molecule has 1 aromatic heterocycles. The Balaban J connectivity index is 1.26. The monoisotopic (exact) mass is 652 g/mol. The van der Waals surface area contributed by atoms with Crippen LogP contribution in [-0.4, -0.2) is 66.4 Å². The molecule has 2 heterocycles. The van der Waals surface area contributed by atoms with Crippen LogP contribution in [0.3, 0.4) is 0 Å². The Labute approximate surface area is 282 Å². The fourth-order valence-electron chi connectivity index (χ4n) is 5.81. The van der Waals surface area contributed by atoms with Crippen LogP contribution in [0.1, 0.15) is 47.3 Å². The summed E-state index contributed by atoms with van der Waals surface area (Å²) < 4.78 is 18.1. The minimum Gasteiger partial charge on any atom is -0.467 e. The van der Waals surface area contributed by atoms with Crippen LogP contribution in [-0.2, 0) is 38.5 Å². The second-order valence-electron chi connectivity index (χ2n) is 12.1. The Kier molecular flexibility index (Phi) is 12.3. The number of aliphatic hydroxyl groups is 1. The maximum Gasteiger partial charge on any atom is 0.328 e. The van der Waals surface area contributed by atoms with Gasteiger partial charge in [0.25, 0.3) is 0 Å². The smallest absolute Gasteiger partial charge is 0.328 e. The molecule has 10 heteroatoms. The SMILES string of the molecule is COC(=O)[C@H](Cc1ccccc1)NC(=O)Nc1ccc([C@H]2O[C@@H](CN(C)CCc3ccccn3)[C@@H](C)[C@@H](c3ccc(CO)cc3)O2)cc1. The van der Waals surface area contributed by atoms with Gasteiger partial charge in [0.15, 0.2) is 6.29 Å². The third-order valence-electron chi connectivity index (χ3n) is 8.61. The summed E-state index contributed by atoms with van der Waals surface area (Å²) in [6, 6.07) is 29.2. The molecule has 5 rings (SSSR count). The molecule has 5 atom stereocenters. The van der Waals surface area contributed by atoms with Gasteiger partial charge in [0.1, 0.15) is 6.04 Å². The summed E-state index contributed by atoms with van der Waals surface area (Å²) >= 11 is 0. The van der Waals surface area contributed by atoms with Crippen LogP contribution in [0.2, 0.25) is 0 Å². The standard InChI is InChI=1S/C38H44N4O6/c1-26-34(24-42(2)22-20-31-11-7-8-21-39-31)47-37(48-35(26)29-14-12-28(25-43)13-15-29)30-16-18-32(19-17-30)40-38(45)41-33(36(44)46-3)23-27-9-5-4-6-10-27/h4-19,21,26,33-35,37,43H,20,22-25H2,1-3H3,(H2,40,41,45)/t26-,33+,34+,35+,37+/m1/s1. The third kappa shape index (κ3) is 9.48. The van der Waals surface area contributed by atoms with Gasteiger partial charge >= 0.3 is 12.0 Å². The van der Waals surface area contributed by atoms with Gasteiger partial charge in [0.05, 0.1) is 25.9 Å². The molecule has 1 saturated heterocycles. The zero-order valence-corrected chi connectivity index (χ0v) is 27.6. The molecule has 0 unspecified atom stereocenters. The Morgan fingerprint density at radius 1 is 0.917 bits per heavy atom. The Hall–Kier alpha value is -4.61. The number of aliphatic hydroxyl groups excluding tert-OH is 1. The number of hydrogen-bond donors (Lipinski definition) is 3. The fourth-order valence-corrected chi connectivity index (χ4v) is 5.81. The highest BCUT2D eigenvalue weighted by Gasteiger charge is 2.38. The van der Waals surface area contributed by atoms with E-state index in [1.165, 1.54) is 7.11 Å². The van der Waals surface area contributed by atoms with Crippen molar-refractivity contribution in [3.63, 3.8) is 0 Å². The summed E-state index contributed by atoms with van der Waals surface area (Å²) in [5.41, 5.74) is 5.16. The quantitative estimate of drug-likeness (QED) is 0.163. The van der Waals surface area contributed by atoms with Crippen LogP contribution < -0.4 is 10.6 Å². The maximum absolute atomic E-state index is 12.9. The Morgan fingerprint density at radius 2 is 1.62 bits per heavy atom. The van der Waals surface area contributed by atoms with E-state index in [2.05, 4.69) is 34.5 Å². The first kappa shape index (κ1) is 34.7. The van der Waals surface area contributed by atoms with Crippen LogP contribution in [0.5, 0.6) is 0 Å². The lowest BCUT2D eigenvalue weighted by atomic mass is 9.90. The second kappa shape index (κ2) is 17.0. The number of hydrogen-bond acceptors (Lipinski definition) is 8. The van der Waals surface area contributed by atoms with Crippen molar-refractivity contribution < 1.29 is 28.9 Å². The first-order valence-electron chi connectivity index (χ1n) is 16.2. The van der Waals surface area contributed by atoms with Gasteiger partial charge in [-0.25, -0.2) is 9.59 Å². The molecule has 0 radical (unpaired) electrons. The third-order valence-corrected chi connectivity index (χ3v) is 8.61. The first-order chi connectivity index (χ1) is 23.3. The number of amides is 2. The molecule has 10 nitrogen and oxygen atoms in total. The number of benzene rings is 3. The van der Waals surface area contributed by atoms with E-state index in [1.54, 1.807) is 12.1 Å². The topological polar surface area (TPSA) is 122 Å². The normalized spacial score (nSPS) is 19.8. The van der Waals surface area contributed by atoms with Crippen molar-refractivity contribution >= 4 is 17.7 Å². The predicted molar refractivity (Wildman–Crippen MR) is 183 cm³/mol. The van der Waals surface area contributed by atoms with Gasteiger partial charge in [-0.2, -0.15) is 0 Å². The minimum absolute atomic E-state index is 0.0223. The number of rotatable bonds is 13. The van der Waals surface area contributed by atoms with Gasteiger partial charge in [-0.05, 0) is 48.0 Å². The Bertz CT molecular complexity index is 1590. The van der Waals surface area contributed by atoms with Crippen LogP contribution in [0, 0.1) is 5.92 Å². The molecule has 48 heavy (non-hydrogen) atoms. The summed E-state index contributed by atoms with van der Waals surface area (Å²) in [6.45, 7) is 3.65. The molecule has 1 aliphatic rings. The molecule has 0 spiro atoms. The number of nitrogens with one attached hydrogen (secondary N) is 2. The summed E-state index contributed by atoms with van der Waals surface area (Å²) in [6.07, 6.45) is 1.93. The number of pyridine rings is 1. The van der Waals surface area contributed by atoms with Crippen molar-refractivity contribution in [2.24, 2.45) is 5.92 Å². The Morgan fingerprint density at radius 3 is 2.29 bits per heavy atom. The molecule has 0 saturated carbocycles. The molecule has 0 bridgehead atoms. The van der Waals surface area contributed by atoms with E-state index in [0.717, 1.165) is 40.9 Å². The minimum atomic E-state index is -0.843. The molecule has 1 aliphatic heterocycles. The van der Waals surface area contributed by atoms with E-state index in [-0.39, 0.29) is 24.7 Å². The highest BCUT2D eigenvalue weighted by Crippen LogP contribution is 2.42. The second-order valence-corrected chi connectivity index (χ2v) is 12.1. The lowest BCUT2D eigenvalue weighted by molar-refractivity contribution is -0.275. The summed E-state index contributed by atoms with van der Waals surface area (Å²) in [5.74, 6) is -0.482. The van der Waals surface area contributed by atoms with E-state index < -0.39 is 24.3 Å². The van der Waals surface area contributed by atoms with E-state index in [1.807, 2.05) is 91.1 Å². The molecule has 2 amide bonds. The number of likely N-dealkylation sites (N-methyl/N-ethyl adjacent to an activating group) is 1. The average Bonchev–Trinajstić information content (AvgIpc) is 3.12. The van der Waals surface area contributed by atoms with Gasteiger partial charge in [-0.15, -0.1) is 0 Å². The zero-order chi connectivity index (χ0) is 33.9. The molecule has 252 valence electrons. The van der Waals surface area contributed by atoms with Crippen molar-refractivity contribution in [2.75, 3.05) is 32.6 Å². The lowest BCUT2D eigenvalue weighted by Gasteiger charge is -2.42. The number of nitrogens with zero attached hydrogens (tertiary/aromatic N) is 2. The van der Waals surface area contributed by atoms with Gasteiger partial charge < -0.3 is 34.9 Å². The molecule has 1 fully saturated rings. The van der Waals surface area contributed by atoms with Gasteiger partial charge in [-0.3, -0.25) is 4.98 Å². The van der Waals surface area contributed by atoms with Crippen molar-refractivity contribution in [1.29, 1.82) is 0 Å². The predicted octanol–water partition coefficient (Wildman–Crippen LogP) is 5.45. The fraction of sp³-hybridized carbons (Fsp3) is 0.342. The van der Waals surface area contributed by atoms with Crippen LogP contribution in [0.15, 0.2) is 103 Å². The molecule has 4 aromatic rings. The average molecular weight is 653 g/mol. The zero-order valence-electron chi connectivity index (χ0n) is 27.6. The van der Waals surface area contributed by atoms with E-state index >= 15 is 0 Å². The number of ether oxygens (including phenoxy) is 3. The number of carbonyl (C=O) groups is 2. The lowest BCUT2D eigenvalue weighted by Crippen LogP contribution is -2.45. The van der Waals surface area contributed by atoms with Crippen LogP contribution in [0.25, 0.3) is 0 Å². The highest BCUT2D eigenvalue weighted by molar-refractivity contribution is 5.92. The number of esters is 1. The van der Waals surface area contributed by atoms with Crippen molar-refractivity contribution in [3.8, 4) is 0 Å². The largest absolute Gasteiger partial charge is 0.467 e. The summed E-state index contributed by atoms with van der Waals surface area (Å²) in [5, 5.41) is 15.1. The van der Waals surface area contributed by atoms with Crippen molar-refractivity contribution in [1.82, 2.24) is 15.2 Å². The summed E-state index contributed by atoms with van der Waals surface area (Å²) in [4.78, 5) is 32.0. The maximum atomic E-state index is 12.9. The molecule has 0 aliphatic carbocycles. The highest BCUT2D eigenvalue weighted by atomic mass is 16.7. The molecule has 3 N–H and O–H groups in total. The molecular weight excluding hydrogens is 608 g/mol. The van der Waals surface area contributed by atoms with Crippen molar-refractivity contribution in [3.05, 3.63) is 131 Å². The van der Waals surface area contributed by atoms with Crippen LogP contribution >= 0.6 is 0 Å². The number of methoxy groups -OCH3 is 1. The van der Waals surface area contributed by atoms with E-state index in [9.17, 15) is 14.7 Å². The van der Waals surface area contributed by atoms with Crippen molar-refractivity contribution in [2.45, 2.75) is 50.9 Å². The van der Waals surface area contributed by atoms with Crippen LogP contribution in [0.4, 0.5) is 10.5 Å². The van der Waals surface area contributed by atoms with Gasteiger partial charge in [0.2, 0.25) is 0 Å². The van der Waals surface area contributed by atoms with E-state index in [0.29, 0.717) is 18.7 Å². The molecule has 3 aromatic carbocycles. The van der Waals surface area contributed by atoms with E-state index in [4.69, 9.17) is 14.2 Å². The van der Waals surface area contributed by atoms with Gasteiger partial charge in [-0.1, -0.05) is 79.7 Å². The number of aromatic nitrogens is 1. The summed E-state index contributed by atoms with van der Waals surface area (Å²) in [7, 11) is 3.39. The van der Waals surface area contributed by atoms with Gasteiger partial charge in [0, 0.05) is 55.0 Å². The first-order valence-corrected chi connectivity index (χ1v) is 16.2. The number of carbonyl (C=O) groups excluding carboxylic acids is 2. The number of urea groups is 1. The number of anilines is 1.